The topological polar surface area (TPSA) is 380 Å². The van der Waals surface area contributed by atoms with Gasteiger partial charge in [0.15, 0.2) is 0 Å². The summed E-state index contributed by atoms with van der Waals surface area (Å²) < 4.78 is 0. The number of hydrogen-bond acceptors (Lipinski definition) is 15. The van der Waals surface area contributed by atoms with Crippen LogP contribution in [-0.2, 0) is 28.8 Å². The Bertz CT molecular complexity index is 725. The summed E-state index contributed by atoms with van der Waals surface area (Å²) in [5.74, 6) is -5.48. The van der Waals surface area contributed by atoms with E-state index in [1.807, 2.05) is 0 Å². The molecule has 0 spiro atoms. The zero-order chi connectivity index (χ0) is 32.7. The Morgan fingerprint density at radius 3 is 0.854 bits per heavy atom. The van der Waals surface area contributed by atoms with Gasteiger partial charge >= 0.3 is 35.8 Å². The van der Waals surface area contributed by atoms with Crippen molar-refractivity contribution in [3.8, 4) is 0 Å². The molecule has 0 bridgehead atoms. The van der Waals surface area contributed by atoms with E-state index in [9.17, 15) is 28.8 Å². The molecule has 0 saturated carbocycles. The van der Waals surface area contributed by atoms with Gasteiger partial charge in [-0.2, -0.15) is 11.8 Å². The second-order valence-electron chi connectivity index (χ2n) is 8.00. The van der Waals surface area contributed by atoms with Crippen LogP contribution >= 0.6 is 35.3 Å². The van der Waals surface area contributed by atoms with Gasteiger partial charge in [-0.1, -0.05) is 0 Å². The zero-order valence-corrected chi connectivity index (χ0v) is 24.4. The molecule has 0 aliphatic carbocycles. The Hall–Kier alpha value is -2.37. The molecular formula is C20H40N6O12S3. The van der Waals surface area contributed by atoms with Gasteiger partial charge in [0.05, 0.1) is 0 Å². The fourth-order valence-corrected chi connectivity index (χ4v) is 4.78. The first-order valence-electron chi connectivity index (χ1n) is 11.5. The third kappa shape index (κ3) is 27.6. The fourth-order valence-electron chi connectivity index (χ4n) is 1.82. The van der Waals surface area contributed by atoms with Crippen molar-refractivity contribution in [1.82, 2.24) is 0 Å². The number of hydrogen-bond donors (Lipinski definition) is 12. The lowest BCUT2D eigenvalue weighted by atomic mass is 10.1. The molecule has 0 radical (unpaired) electrons. The maximum absolute atomic E-state index is 10.3. The second-order valence-corrected chi connectivity index (χ2v) is 11.5. The van der Waals surface area contributed by atoms with Gasteiger partial charge in [-0.15, -0.1) is 23.5 Å². The van der Waals surface area contributed by atoms with Gasteiger partial charge in [-0.05, 0) is 19.3 Å². The Labute approximate surface area is 248 Å². The maximum Gasteiger partial charge on any atom is 0.321 e. The van der Waals surface area contributed by atoms with Crippen molar-refractivity contribution in [2.75, 3.05) is 28.1 Å². The summed E-state index contributed by atoms with van der Waals surface area (Å²) in [5.41, 5.74) is 31.2. The molecule has 0 aromatic heterocycles. The van der Waals surface area contributed by atoms with E-state index >= 15 is 0 Å². The SMILES string of the molecule is NC(CCCC(N)C(=O)O)C(=O)O.NC(CSCC(N)C(=O)O)C(=O)O.N[C@@H](CSCSC[C@H](N)C(=O)O)C(=O)O. The van der Waals surface area contributed by atoms with Gasteiger partial charge in [-0.25, -0.2) is 0 Å². The van der Waals surface area contributed by atoms with Crippen LogP contribution in [0.1, 0.15) is 19.3 Å². The monoisotopic (exact) mass is 652 g/mol. The van der Waals surface area contributed by atoms with E-state index in [-0.39, 0.29) is 24.3 Å². The summed E-state index contributed by atoms with van der Waals surface area (Å²) in [5, 5.41) is 51.0. The molecule has 0 amide bonds. The number of carboxylic acid groups (broad SMARTS) is 6. The third-order valence-electron chi connectivity index (χ3n) is 4.29. The lowest BCUT2D eigenvalue weighted by Gasteiger charge is -2.07. The van der Waals surface area contributed by atoms with Crippen LogP contribution < -0.4 is 34.4 Å². The number of rotatable bonds is 20. The summed E-state index contributed by atoms with van der Waals surface area (Å²) in [7, 11) is 0. The summed E-state index contributed by atoms with van der Waals surface area (Å²) in [6.07, 6.45) is 0.896. The minimum Gasteiger partial charge on any atom is -0.480 e. The molecule has 41 heavy (non-hydrogen) atoms. The minimum atomic E-state index is -1.10. The lowest BCUT2D eigenvalue weighted by Crippen LogP contribution is -2.36. The molecule has 21 heteroatoms. The largest absolute Gasteiger partial charge is 0.480 e. The normalized spacial score (nSPS) is 14.8. The number of carbonyl (C=O) groups is 6. The molecule has 0 aliphatic rings. The van der Waals surface area contributed by atoms with Gasteiger partial charge < -0.3 is 65.0 Å². The molecule has 0 heterocycles. The van der Waals surface area contributed by atoms with Gasteiger partial charge in [0.1, 0.15) is 36.3 Å². The van der Waals surface area contributed by atoms with Crippen molar-refractivity contribution in [2.45, 2.75) is 55.5 Å². The first kappa shape index (κ1) is 43.1. The summed E-state index contributed by atoms with van der Waals surface area (Å²) in [6.45, 7) is 0. The fraction of sp³-hybridized carbons (Fsp3) is 0.700. The molecule has 4 unspecified atom stereocenters. The Kier molecular flexibility index (Phi) is 26.6. The molecular weight excluding hydrogens is 612 g/mol. The molecule has 18 N–H and O–H groups in total. The van der Waals surface area contributed by atoms with Crippen LogP contribution in [0, 0.1) is 0 Å². The van der Waals surface area contributed by atoms with Gasteiger partial charge in [0.25, 0.3) is 0 Å². The molecule has 18 nitrogen and oxygen atoms in total. The van der Waals surface area contributed by atoms with Gasteiger partial charge in [0.2, 0.25) is 0 Å². The first-order valence-corrected chi connectivity index (χ1v) is 14.9. The van der Waals surface area contributed by atoms with Gasteiger partial charge in [0, 0.05) is 28.1 Å². The summed E-state index contributed by atoms with van der Waals surface area (Å²) >= 11 is 3.82. The van der Waals surface area contributed by atoms with Crippen LogP contribution in [0.25, 0.3) is 0 Å². The zero-order valence-electron chi connectivity index (χ0n) is 21.9. The number of nitrogens with two attached hydrogens (primary N) is 6. The van der Waals surface area contributed by atoms with Crippen molar-refractivity contribution < 1.29 is 59.4 Å². The van der Waals surface area contributed by atoms with E-state index in [4.69, 9.17) is 65.0 Å². The molecule has 6 atom stereocenters. The van der Waals surface area contributed by atoms with Crippen LogP contribution in [0.4, 0.5) is 0 Å². The predicted octanol–water partition coefficient (Wildman–Crippen LogP) is -3.24. The molecule has 0 aromatic carbocycles. The average Bonchev–Trinajstić information content (AvgIpc) is 2.88. The molecule has 0 saturated heterocycles. The van der Waals surface area contributed by atoms with Crippen molar-refractivity contribution >= 4 is 71.1 Å². The maximum atomic E-state index is 10.3. The van der Waals surface area contributed by atoms with Crippen molar-refractivity contribution in [2.24, 2.45) is 34.4 Å². The highest BCUT2D eigenvalue weighted by Crippen LogP contribution is 2.13. The van der Waals surface area contributed by atoms with Crippen LogP contribution in [0.2, 0.25) is 0 Å². The van der Waals surface area contributed by atoms with Gasteiger partial charge in [-0.3, -0.25) is 28.8 Å². The van der Waals surface area contributed by atoms with E-state index < -0.39 is 72.1 Å². The molecule has 0 fully saturated rings. The van der Waals surface area contributed by atoms with E-state index in [2.05, 4.69) is 0 Å². The van der Waals surface area contributed by atoms with E-state index in [1.54, 1.807) is 0 Å². The van der Waals surface area contributed by atoms with E-state index in [0.717, 1.165) is 11.8 Å². The summed E-state index contributed by atoms with van der Waals surface area (Å²) in [4.78, 5) is 61.6. The highest BCUT2D eigenvalue weighted by molar-refractivity contribution is 8.16. The smallest absolute Gasteiger partial charge is 0.321 e. The van der Waals surface area contributed by atoms with Crippen LogP contribution in [0.5, 0.6) is 0 Å². The van der Waals surface area contributed by atoms with Crippen molar-refractivity contribution in [3.05, 3.63) is 0 Å². The molecule has 0 rings (SSSR count). The predicted molar refractivity (Wildman–Crippen MR) is 155 cm³/mol. The average molecular weight is 653 g/mol. The molecule has 0 aliphatic heterocycles. The molecule has 0 aromatic rings. The Balaban J connectivity index is -0.000000530. The minimum absolute atomic E-state index is 0.163. The number of carboxylic acids is 6. The highest BCUT2D eigenvalue weighted by atomic mass is 32.2. The van der Waals surface area contributed by atoms with E-state index in [1.165, 1.54) is 23.5 Å². The van der Waals surface area contributed by atoms with Crippen LogP contribution in [0.15, 0.2) is 0 Å². The lowest BCUT2D eigenvalue weighted by molar-refractivity contribution is -0.139. The van der Waals surface area contributed by atoms with Crippen molar-refractivity contribution in [3.63, 3.8) is 0 Å². The standard InChI is InChI=1S/C7H14N2O4S2.C7H14N2O4.C6H12N2O4S/c8-4(6(10)11)1-14-3-15-2-5(9)7(12)13;8-4(6(10)11)2-1-3-5(9)7(12)13;7-3(5(9)10)1-13-2-4(8)6(11)12/h4-5H,1-3,8-9H2,(H,10,11)(H,12,13);4-5H,1-3,8-9H2,(H,10,11)(H,12,13);3-4H,1-2,7-8H2,(H,9,10)(H,11,12)/t4-,5-;;/m0../s1. The number of thioether (sulfide) groups is 3. The number of aliphatic carboxylic acids is 6. The van der Waals surface area contributed by atoms with E-state index in [0.29, 0.717) is 23.0 Å². The molecule has 240 valence electrons. The highest BCUT2D eigenvalue weighted by Gasteiger charge is 2.16. The first-order chi connectivity index (χ1) is 18.8. The second kappa shape index (κ2) is 25.3. The third-order valence-corrected chi connectivity index (χ3v) is 8.00. The Morgan fingerprint density at radius 1 is 0.415 bits per heavy atom. The van der Waals surface area contributed by atoms with Crippen LogP contribution in [0.3, 0.4) is 0 Å². The van der Waals surface area contributed by atoms with Crippen molar-refractivity contribution in [1.29, 1.82) is 0 Å². The Morgan fingerprint density at radius 2 is 0.634 bits per heavy atom. The quantitative estimate of drug-likeness (QED) is 0.0453. The van der Waals surface area contributed by atoms with Crippen LogP contribution in [-0.4, -0.2) is 131 Å². The summed E-state index contributed by atoms with van der Waals surface area (Å²) in [6, 6.07) is -5.54.